The summed E-state index contributed by atoms with van der Waals surface area (Å²) in [5.74, 6) is 0.883. The number of alkyl halides is 1. The first-order valence-corrected chi connectivity index (χ1v) is 6.24. The van der Waals surface area contributed by atoms with E-state index in [-0.39, 0.29) is 28.8 Å². The number of ether oxygens (including phenoxy) is 2. The summed E-state index contributed by atoms with van der Waals surface area (Å²) in [6.45, 7) is 14.2. The number of benzene rings is 1. The quantitative estimate of drug-likeness (QED) is 0.460. The molecule has 1 saturated heterocycles. The Balaban J connectivity index is -0.000000463. The normalized spacial score (nSPS) is 18.2. The van der Waals surface area contributed by atoms with Crippen molar-refractivity contribution in [1.82, 2.24) is 0 Å². The fraction of sp³-hybridized carbons (Fsp3) is 0.400. The number of halogens is 1. The molecule has 5 nitrogen and oxygen atoms in total. The van der Waals surface area contributed by atoms with Gasteiger partial charge in [0.2, 0.25) is 0 Å². The largest absolute Gasteiger partial charge is 0 e. The van der Waals surface area contributed by atoms with Gasteiger partial charge in [-0.2, -0.15) is 0 Å². The van der Waals surface area contributed by atoms with Crippen molar-refractivity contribution in [3.05, 3.63) is 49.8 Å². The molecule has 0 aromatic heterocycles. The van der Waals surface area contributed by atoms with Crippen LogP contribution in [-0.2, 0) is 36.1 Å². The fourth-order valence-electron chi connectivity index (χ4n) is 1.91. The van der Waals surface area contributed by atoms with E-state index in [0.29, 0.717) is 0 Å². The summed E-state index contributed by atoms with van der Waals surface area (Å²) in [6.07, 6.45) is 1.88. The van der Waals surface area contributed by atoms with E-state index in [0.717, 1.165) is 30.8 Å². The first kappa shape index (κ1) is 25.9. The molecule has 0 saturated carbocycles. The molecular formula is C15H15ClCrO5. The molecule has 1 aliphatic heterocycles. The molecule has 0 amide bonds. The molecule has 1 fully saturated rings. The third-order valence-electron chi connectivity index (χ3n) is 2.71. The Hall–Kier alpha value is -0.978. The van der Waals surface area contributed by atoms with Crippen molar-refractivity contribution in [2.45, 2.75) is 24.3 Å². The van der Waals surface area contributed by atoms with Gasteiger partial charge in [0, 0.05) is 34.9 Å². The van der Waals surface area contributed by atoms with Gasteiger partial charge < -0.3 is 9.47 Å². The van der Waals surface area contributed by atoms with Gasteiger partial charge in [0.15, 0.2) is 0 Å². The Kier molecular flexibility index (Phi) is 21.3. The maximum atomic E-state index is 7.50. The number of hydrogen-bond acceptors (Lipinski definition) is 2. The average molecular weight is 363 g/mol. The van der Waals surface area contributed by atoms with Crippen LogP contribution in [0.4, 0.5) is 0 Å². The summed E-state index contributed by atoms with van der Waals surface area (Å²) in [4.78, 5) is 0. The van der Waals surface area contributed by atoms with E-state index in [4.69, 9.17) is 35.0 Å². The monoisotopic (exact) mass is 362 g/mol. The van der Waals surface area contributed by atoms with Crippen LogP contribution in [0.15, 0.2) is 24.3 Å². The molecule has 0 aliphatic carbocycles. The molecule has 1 aliphatic rings. The first-order chi connectivity index (χ1) is 10.3. The summed E-state index contributed by atoms with van der Waals surface area (Å²) >= 11 is 6.14. The predicted octanol–water partition coefficient (Wildman–Crippen LogP) is 3.04. The number of hydrogen-bond donors (Lipinski definition) is 0. The minimum absolute atomic E-state index is 0. The van der Waals surface area contributed by atoms with E-state index >= 15 is 0 Å². The zero-order valence-electron chi connectivity index (χ0n) is 11.9. The molecule has 2 rings (SSSR count). The molecule has 1 heterocycles. The summed E-state index contributed by atoms with van der Waals surface area (Å²) in [5, 5.41) is 0.216. The molecule has 0 bridgehead atoms. The van der Waals surface area contributed by atoms with Crippen LogP contribution in [0.25, 0.3) is 0 Å². The van der Waals surface area contributed by atoms with Crippen molar-refractivity contribution in [3.63, 3.8) is 0 Å². The zero-order valence-corrected chi connectivity index (χ0v) is 13.9. The van der Waals surface area contributed by atoms with Gasteiger partial charge in [-0.05, 0) is 18.9 Å². The van der Waals surface area contributed by atoms with E-state index in [9.17, 15) is 0 Å². The van der Waals surface area contributed by atoms with Gasteiger partial charge in [-0.25, -0.2) is 0 Å². The minimum Gasteiger partial charge on any atom is 0 e. The van der Waals surface area contributed by atoms with E-state index in [2.05, 4.69) is 20.0 Å². The van der Waals surface area contributed by atoms with Crippen LogP contribution in [0.1, 0.15) is 24.5 Å². The standard InChI is InChI=1S/C12H15ClO2.3CO.Cr/c1-14-11-5-3-2-4-10(11)12-8-9(13)6-7-15-12;3*1-2;/h2-5,9,12H,6-8H2,1H3;;;;/t9-,12+;;;;/m0..../s1. The van der Waals surface area contributed by atoms with Crippen LogP contribution in [0, 0.1) is 20.0 Å². The SMILES string of the molecule is COc1ccccc1[C@H]1C[C@@H](Cl)CCO1.[C-]#[O+].[C-]#[O+].[C-]#[O+].[Cr]. The van der Waals surface area contributed by atoms with Gasteiger partial charge in [-0.1, -0.05) is 18.2 Å². The second kappa shape index (κ2) is 18.1. The van der Waals surface area contributed by atoms with Crippen molar-refractivity contribution in [2.75, 3.05) is 13.7 Å². The second-order valence-corrected chi connectivity index (χ2v) is 4.34. The Morgan fingerprint density at radius 3 is 2.18 bits per heavy atom. The number of rotatable bonds is 2. The van der Waals surface area contributed by atoms with E-state index in [1.165, 1.54) is 0 Å². The van der Waals surface area contributed by atoms with Crippen LogP contribution in [0.3, 0.4) is 0 Å². The van der Waals surface area contributed by atoms with Gasteiger partial charge in [0.1, 0.15) is 5.75 Å². The molecular weight excluding hydrogens is 348 g/mol. The Labute approximate surface area is 146 Å². The zero-order chi connectivity index (χ0) is 16.7. The maximum Gasteiger partial charge on any atom is 0 e. The second-order valence-electron chi connectivity index (χ2n) is 3.72. The maximum absolute atomic E-state index is 7.50. The average Bonchev–Trinajstić information content (AvgIpc) is 2.60. The van der Waals surface area contributed by atoms with Gasteiger partial charge in [0.25, 0.3) is 0 Å². The summed E-state index contributed by atoms with van der Waals surface area (Å²) in [6, 6.07) is 7.96. The molecule has 0 N–H and O–H groups in total. The minimum atomic E-state index is 0. The first-order valence-electron chi connectivity index (χ1n) is 5.81. The Morgan fingerprint density at radius 2 is 1.68 bits per heavy atom. The van der Waals surface area contributed by atoms with Crippen molar-refractivity contribution < 1.29 is 40.8 Å². The third kappa shape index (κ3) is 9.12. The van der Waals surface area contributed by atoms with E-state index in [1.807, 2.05) is 24.3 Å². The van der Waals surface area contributed by atoms with Crippen LogP contribution in [-0.4, -0.2) is 19.1 Å². The topological polar surface area (TPSA) is 78.2 Å². The molecule has 7 heteroatoms. The Bertz CT molecular complexity index is 433. The van der Waals surface area contributed by atoms with Crippen LogP contribution in [0.2, 0.25) is 0 Å². The van der Waals surface area contributed by atoms with Gasteiger partial charge in [0.05, 0.1) is 13.2 Å². The van der Waals surface area contributed by atoms with E-state index < -0.39 is 0 Å². The summed E-state index contributed by atoms with van der Waals surface area (Å²) in [5.41, 5.74) is 1.10. The van der Waals surface area contributed by atoms with Crippen LogP contribution < -0.4 is 4.74 Å². The summed E-state index contributed by atoms with van der Waals surface area (Å²) < 4.78 is 33.5. The molecule has 22 heavy (non-hydrogen) atoms. The summed E-state index contributed by atoms with van der Waals surface area (Å²) in [7, 11) is 1.68. The number of para-hydroxylation sites is 1. The fourth-order valence-corrected chi connectivity index (χ4v) is 2.16. The van der Waals surface area contributed by atoms with Gasteiger partial charge in [-0.15, -0.1) is 11.6 Å². The molecule has 118 valence electrons. The van der Waals surface area contributed by atoms with Crippen LogP contribution >= 0.6 is 11.6 Å². The van der Waals surface area contributed by atoms with Crippen molar-refractivity contribution in [3.8, 4) is 5.75 Å². The predicted molar refractivity (Wildman–Crippen MR) is 72.4 cm³/mol. The van der Waals surface area contributed by atoms with Crippen molar-refractivity contribution >= 4 is 11.6 Å². The molecule has 1 aromatic rings. The Morgan fingerprint density at radius 1 is 1.14 bits per heavy atom. The van der Waals surface area contributed by atoms with Crippen molar-refractivity contribution in [1.29, 1.82) is 0 Å². The molecule has 0 radical (unpaired) electrons. The molecule has 0 unspecified atom stereocenters. The molecule has 1 aromatic carbocycles. The van der Waals surface area contributed by atoms with Crippen molar-refractivity contribution in [2.24, 2.45) is 0 Å². The van der Waals surface area contributed by atoms with E-state index in [1.54, 1.807) is 7.11 Å². The van der Waals surface area contributed by atoms with Crippen LogP contribution in [0.5, 0.6) is 5.75 Å². The van der Waals surface area contributed by atoms with Gasteiger partial charge in [-0.3, -0.25) is 0 Å². The number of methoxy groups -OCH3 is 1. The smallest absolute Gasteiger partial charge is 0 e. The third-order valence-corrected chi connectivity index (χ3v) is 3.10. The molecule has 2 atom stereocenters. The molecule has 0 spiro atoms. The van der Waals surface area contributed by atoms with Gasteiger partial charge >= 0.3 is 33.9 Å².